The standard InChI is InChI=1S/C25H29BrN4O2S/c1-3-5-9-14-32-21-11-8-7-10-18(21)23-27-20-13-12-17(26)16-19(20)22-24(31)28-25(29-30(22)23)33-15-6-4-2/h7-8,10-13,16,23H,3-6,9,14-15H2,1-2H3,(H,28,29,31). The van der Waals surface area contributed by atoms with Crippen LogP contribution in [0.5, 0.6) is 5.75 Å². The Kier molecular flexibility index (Phi) is 8.09. The number of hydrazone groups is 1. The lowest BCUT2D eigenvalue weighted by Gasteiger charge is -2.34. The molecule has 0 fully saturated rings. The fourth-order valence-corrected chi connectivity index (χ4v) is 5.09. The summed E-state index contributed by atoms with van der Waals surface area (Å²) < 4.78 is 7.05. The number of carbonyl (C=O) groups excluding carboxylic acids is 1. The predicted octanol–water partition coefficient (Wildman–Crippen LogP) is 4.69. The van der Waals surface area contributed by atoms with Gasteiger partial charge in [-0.2, -0.15) is 0 Å². The first-order valence-electron chi connectivity index (χ1n) is 11.5. The first-order valence-corrected chi connectivity index (χ1v) is 13.3. The zero-order valence-corrected chi connectivity index (χ0v) is 21.4. The molecule has 4 rings (SSSR count). The molecule has 1 atom stereocenters. The molecule has 0 saturated heterocycles. The number of halogens is 1. The summed E-state index contributed by atoms with van der Waals surface area (Å²) >= 11 is 5.10. The van der Waals surface area contributed by atoms with Crippen LogP contribution in [0, 0.1) is 0 Å². The van der Waals surface area contributed by atoms with Gasteiger partial charge in [-0.1, -0.05) is 79.0 Å². The van der Waals surface area contributed by atoms with E-state index in [9.17, 15) is 4.79 Å². The van der Waals surface area contributed by atoms with Gasteiger partial charge in [0.25, 0.3) is 5.91 Å². The summed E-state index contributed by atoms with van der Waals surface area (Å²) in [5.41, 5.74) is 1.41. The molecule has 33 heavy (non-hydrogen) atoms. The number of hydrogen-bond donors (Lipinski definition) is 1. The number of nitrogens with zero attached hydrogens (tertiary/aromatic N) is 3. The van der Waals surface area contributed by atoms with Crippen molar-refractivity contribution in [1.29, 1.82) is 0 Å². The van der Waals surface area contributed by atoms with E-state index < -0.39 is 6.17 Å². The van der Waals surface area contributed by atoms with Crippen molar-refractivity contribution >= 4 is 44.5 Å². The van der Waals surface area contributed by atoms with Gasteiger partial charge in [-0.05, 0) is 37.1 Å². The molecule has 1 amide bonds. The monoisotopic (exact) mass is 528 g/mol. The number of carbonyl (C=O) groups is 1. The molecular formula is C25H29BrN4O2S. The van der Waals surface area contributed by atoms with Crippen LogP contribution in [-0.4, -0.2) is 28.4 Å². The normalized spacial score (nSPS) is 17.0. The van der Waals surface area contributed by atoms with Crippen LogP contribution in [0.4, 0.5) is 0 Å². The van der Waals surface area contributed by atoms with E-state index in [0.29, 0.717) is 17.5 Å². The number of ether oxygens (including phenoxy) is 1. The summed E-state index contributed by atoms with van der Waals surface area (Å²) in [6, 6.07) is 13.7. The highest BCUT2D eigenvalue weighted by Crippen LogP contribution is 2.35. The quantitative estimate of drug-likeness (QED) is 0.479. The van der Waals surface area contributed by atoms with E-state index in [2.05, 4.69) is 35.1 Å². The van der Waals surface area contributed by atoms with Crippen molar-refractivity contribution in [2.45, 2.75) is 52.1 Å². The molecule has 2 aliphatic rings. The van der Waals surface area contributed by atoms with Gasteiger partial charge >= 0.3 is 0 Å². The summed E-state index contributed by atoms with van der Waals surface area (Å²) in [6.07, 6.45) is 4.95. The Balaban J connectivity index is 1.78. The molecule has 8 heteroatoms. The fourth-order valence-electron chi connectivity index (χ4n) is 3.79. The zero-order valence-electron chi connectivity index (χ0n) is 19.0. The number of amidine groups is 1. The molecule has 0 saturated carbocycles. The van der Waals surface area contributed by atoms with Crippen LogP contribution >= 0.6 is 27.7 Å². The fraction of sp³-hybridized carbons (Fsp3) is 0.400. The third kappa shape index (κ3) is 5.44. The van der Waals surface area contributed by atoms with Crippen molar-refractivity contribution in [3.63, 3.8) is 0 Å². The summed E-state index contributed by atoms with van der Waals surface area (Å²) in [5, 5.41) is 11.7. The number of nitrogens with one attached hydrogen (secondary N) is 1. The maximum atomic E-state index is 13.3. The zero-order chi connectivity index (χ0) is 23.2. The lowest BCUT2D eigenvalue weighted by atomic mass is 10.1. The van der Waals surface area contributed by atoms with Crippen molar-refractivity contribution in [3.05, 3.63) is 63.1 Å². The van der Waals surface area contributed by atoms with E-state index >= 15 is 0 Å². The Morgan fingerprint density at radius 1 is 1.12 bits per heavy atom. The Hall–Kier alpha value is -2.32. The second kappa shape index (κ2) is 11.2. The van der Waals surface area contributed by atoms with Gasteiger partial charge in [0.15, 0.2) is 11.3 Å². The maximum Gasteiger partial charge on any atom is 0.276 e. The Morgan fingerprint density at radius 3 is 2.76 bits per heavy atom. The van der Waals surface area contributed by atoms with Gasteiger partial charge in [0.1, 0.15) is 11.4 Å². The van der Waals surface area contributed by atoms with Crippen LogP contribution in [0.15, 0.2) is 57.0 Å². The van der Waals surface area contributed by atoms with E-state index in [1.165, 1.54) is 0 Å². The van der Waals surface area contributed by atoms with Gasteiger partial charge in [-0.15, -0.1) is 5.10 Å². The number of para-hydroxylation sites is 1. The van der Waals surface area contributed by atoms with E-state index in [4.69, 9.17) is 14.8 Å². The van der Waals surface area contributed by atoms with Gasteiger partial charge in [0.2, 0.25) is 0 Å². The molecule has 1 N–H and O–H groups in total. The van der Waals surface area contributed by atoms with Gasteiger partial charge in [0.05, 0.1) is 12.0 Å². The smallest absolute Gasteiger partial charge is 0.276 e. The number of thioether (sulfide) groups is 1. The van der Waals surface area contributed by atoms with Gasteiger partial charge in [0, 0.05) is 21.0 Å². The molecule has 174 valence electrons. The Bertz CT molecular complexity index is 1170. The second-order valence-corrected chi connectivity index (χ2v) is 10.0. The topological polar surface area (TPSA) is 66.3 Å². The van der Waals surface area contributed by atoms with E-state index in [0.717, 1.165) is 64.2 Å². The summed E-state index contributed by atoms with van der Waals surface area (Å²) in [5.74, 6) is 1.52. The molecule has 0 spiro atoms. The Morgan fingerprint density at radius 2 is 1.94 bits per heavy atom. The maximum absolute atomic E-state index is 13.3. The largest absolute Gasteiger partial charge is 0.493 e. The molecule has 1 unspecified atom stereocenters. The minimum atomic E-state index is -0.483. The van der Waals surface area contributed by atoms with Crippen LogP contribution in [0.1, 0.15) is 57.7 Å². The van der Waals surface area contributed by atoms with E-state index in [1.807, 2.05) is 42.5 Å². The molecular weight excluding hydrogens is 500 g/mol. The van der Waals surface area contributed by atoms with Crippen LogP contribution < -0.4 is 20.6 Å². The number of hydrogen-bond acceptors (Lipinski definition) is 6. The van der Waals surface area contributed by atoms with Crippen LogP contribution in [-0.2, 0) is 4.79 Å². The lowest BCUT2D eigenvalue weighted by Crippen LogP contribution is -2.50. The van der Waals surface area contributed by atoms with E-state index in [-0.39, 0.29) is 5.91 Å². The predicted molar refractivity (Wildman–Crippen MR) is 137 cm³/mol. The van der Waals surface area contributed by atoms with Crippen molar-refractivity contribution < 1.29 is 9.53 Å². The first kappa shape index (κ1) is 23.8. The number of amides is 1. The van der Waals surface area contributed by atoms with Crippen molar-refractivity contribution in [2.75, 3.05) is 12.4 Å². The molecule has 6 nitrogen and oxygen atoms in total. The summed E-state index contributed by atoms with van der Waals surface area (Å²) in [6.45, 7) is 4.98. The minimum absolute atomic E-state index is 0.162. The molecule has 2 heterocycles. The van der Waals surface area contributed by atoms with Gasteiger partial charge in [-0.25, -0.2) is 5.01 Å². The number of unbranched alkanes of at least 4 members (excludes halogenated alkanes) is 3. The first-order chi connectivity index (χ1) is 16.1. The van der Waals surface area contributed by atoms with Crippen molar-refractivity contribution in [1.82, 2.24) is 10.3 Å². The van der Waals surface area contributed by atoms with Crippen LogP contribution in [0.25, 0.3) is 5.70 Å². The minimum Gasteiger partial charge on any atom is -0.493 e. The molecule has 2 aromatic carbocycles. The molecule has 0 bridgehead atoms. The summed E-state index contributed by atoms with van der Waals surface area (Å²) in [4.78, 5) is 18.3. The highest BCUT2D eigenvalue weighted by Gasteiger charge is 2.35. The molecule has 0 radical (unpaired) electrons. The highest BCUT2D eigenvalue weighted by molar-refractivity contribution is 9.10. The molecule has 0 aromatic heterocycles. The van der Waals surface area contributed by atoms with Crippen LogP contribution in [0.2, 0.25) is 0 Å². The van der Waals surface area contributed by atoms with Crippen molar-refractivity contribution in [3.8, 4) is 5.75 Å². The van der Waals surface area contributed by atoms with Gasteiger partial charge in [-0.3, -0.25) is 15.1 Å². The van der Waals surface area contributed by atoms with Gasteiger partial charge < -0.3 is 4.74 Å². The third-order valence-corrected chi connectivity index (χ3v) is 6.95. The third-order valence-electron chi connectivity index (χ3n) is 5.51. The SMILES string of the molecule is CCCCCOc1ccccc1C1N=c2ccc(Br)cc2=C2C(=O)NC(SCCCC)=NN21. The van der Waals surface area contributed by atoms with Crippen molar-refractivity contribution in [2.24, 2.45) is 10.1 Å². The number of benzene rings is 2. The summed E-state index contributed by atoms with van der Waals surface area (Å²) in [7, 11) is 0. The second-order valence-electron chi connectivity index (χ2n) is 8.01. The Labute approximate surface area is 207 Å². The molecule has 0 aliphatic carbocycles. The average molecular weight is 530 g/mol. The molecule has 2 aliphatic heterocycles. The van der Waals surface area contributed by atoms with E-state index in [1.54, 1.807) is 16.8 Å². The number of fused-ring (bicyclic) bond motifs is 2. The van der Waals surface area contributed by atoms with Crippen LogP contribution in [0.3, 0.4) is 0 Å². The number of rotatable bonds is 9. The highest BCUT2D eigenvalue weighted by atomic mass is 79.9. The average Bonchev–Trinajstić information content (AvgIpc) is 2.82. The molecule has 2 aromatic rings. The lowest BCUT2D eigenvalue weighted by molar-refractivity contribution is -0.116.